The molecule has 1 heterocycles. The fraction of sp³-hybridized carbons (Fsp3) is 0.500. The van der Waals surface area contributed by atoms with Crippen molar-refractivity contribution in [2.45, 2.75) is 12.5 Å². The maximum atomic E-state index is 8.92. The average molecular weight is 210 g/mol. The minimum absolute atomic E-state index is 0.174. The monoisotopic (exact) mass is 210 g/mol. The second-order valence-corrected chi connectivity index (χ2v) is 3.86. The van der Waals surface area contributed by atoms with Crippen molar-refractivity contribution in [2.24, 2.45) is 0 Å². The van der Waals surface area contributed by atoms with E-state index in [1.165, 1.54) is 0 Å². The molecule has 1 aromatic heterocycles. The van der Waals surface area contributed by atoms with Crippen LogP contribution in [0.3, 0.4) is 0 Å². The van der Waals surface area contributed by atoms with Crippen molar-refractivity contribution in [3.8, 4) is 6.07 Å². The molecule has 1 aromatic rings. The van der Waals surface area contributed by atoms with E-state index in [2.05, 4.69) is 11.4 Å². The summed E-state index contributed by atoms with van der Waals surface area (Å²) in [6.07, 6.45) is 0.931. The molecule has 0 saturated carbocycles. The largest absolute Gasteiger partial charge is 0.385 e. The van der Waals surface area contributed by atoms with Crippen LogP contribution >= 0.6 is 11.3 Å². The SMILES string of the molecule is COCCCNC(C#N)c1cccs1. The lowest BCUT2D eigenvalue weighted by Gasteiger charge is -2.08. The zero-order valence-corrected chi connectivity index (χ0v) is 9.01. The Balaban J connectivity index is 2.31. The maximum Gasteiger partial charge on any atom is 0.130 e. The molecule has 1 rings (SSSR count). The number of ether oxygens (including phenoxy) is 1. The quantitative estimate of drug-likeness (QED) is 0.730. The smallest absolute Gasteiger partial charge is 0.130 e. The Bertz CT molecular complexity index is 279. The van der Waals surface area contributed by atoms with Crippen molar-refractivity contribution in [1.82, 2.24) is 5.32 Å². The minimum atomic E-state index is -0.174. The van der Waals surface area contributed by atoms with Gasteiger partial charge in [-0.3, -0.25) is 5.32 Å². The lowest BCUT2D eigenvalue weighted by molar-refractivity contribution is 0.194. The van der Waals surface area contributed by atoms with E-state index in [1.807, 2.05) is 17.5 Å². The van der Waals surface area contributed by atoms with Gasteiger partial charge in [-0.1, -0.05) is 6.07 Å². The second-order valence-electron chi connectivity index (χ2n) is 2.88. The molecule has 1 N–H and O–H groups in total. The van der Waals surface area contributed by atoms with Gasteiger partial charge in [0.1, 0.15) is 6.04 Å². The topological polar surface area (TPSA) is 45.0 Å². The van der Waals surface area contributed by atoms with Gasteiger partial charge in [0, 0.05) is 18.6 Å². The molecule has 0 aliphatic rings. The van der Waals surface area contributed by atoms with Crippen LogP contribution in [0.15, 0.2) is 17.5 Å². The van der Waals surface area contributed by atoms with E-state index in [0.29, 0.717) is 0 Å². The third-order valence-corrected chi connectivity index (χ3v) is 2.77. The van der Waals surface area contributed by atoms with E-state index >= 15 is 0 Å². The van der Waals surface area contributed by atoms with E-state index in [1.54, 1.807) is 18.4 Å². The number of hydrogen-bond donors (Lipinski definition) is 1. The number of thiophene rings is 1. The highest BCUT2D eigenvalue weighted by molar-refractivity contribution is 7.10. The third-order valence-electron chi connectivity index (χ3n) is 1.83. The predicted molar refractivity (Wildman–Crippen MR) is 57.2 cm³/mol. The van der Waals surface area contributed by atoms with Crippen LogP contribution in [0, 0.1) is 11.3 Å². The summed E-state index contributed by atoms with van der Waals surface area (Å²) in [6.45, 7) is 1.54. The number of rotatable bonds is 6. The predicted octanol–water partition coefficient (Wildman–Crippen LogP) is 1.94. The Labute approximate surface area is 88.3 Å². The first-order chi connectivity index (χ1) is 6.88. The van der Waals surface area contributed by atoms with E-state index in [9.17, 15) is 0 Å². The molecule has 14 heavy (non-hydrogen) atoms. The van der Waals surface area contributed by atoms with Gasteiger partial charge in [0.05, 0.1) is 6.07 Å². The fourth-order valence-electron chi connectivity index (χ4n) is 1.13. The lowest BCUT2D eigenvalue weighted by atomic mass is 10.2. The molecule has 0 fully saturated rings. The van der Waals surface area contributed by atoms with E-state index in [4.69, 9.17) is 10.00 Å². The first kappa shape index (κ1) is 11.2. The molecule has 1 atom stereocenters. The van der Waals surface area contributed by atoms with Gasteiger partial charge in [-0.05, 0) is 24.4 Å². The summed E-state index contributed by atoms with van der Waals surface area (Å²) in [4.78, 5) is 1.07. The van der Waals surface area contributed by atoms with Crippen LogP contribution in [-0.4, -0.2) is 20.3 Å². The Morgan fingerprint density at radius 1 is 1.71 bits per heavy atom. The van der Waals surface area contributed by atoms with Crippen molar-refractivity contribution in [3.05, 3.63) is 22.4 Å². The van der Waals surface area contributed by atoms with Crippen LogP contribution in [0.4, 0.5) is 0 Å². The van der Waals surface area contributed by atoms with Crippen LogP contribution in [0.1, 0.15) is 17.3 Å². The van der Waals surface area contributed by atoms with Crippen molar-refractivity contribution in [1.29, 1.82) is 5.26 Å². The van der Waals surface area contributed by atoms with Crippen LogP contribution in [0.25, 0.3) is 0 Å². The first-order valence-electron chi connectivity index (χ1n) is 4.54. The number of nitrogens with zero attached hydrogens (tertiary/aromatic N) is 1. The number of hydrogen-bond acceptors (Lipinski definition) is 4. The summed E-state index contributed by atoms with van der Waals surface area (Å²) in [6, 6.07) is 6.00. The van der Waals surface area contributed by atoms with E-state index < -0.39 is 0 Å². The molecular formula is C10H14N2OS. The molecule has 1 unspecified atom stereocenters. The number of methoxy groups -OCH3 is 1. The van der Waals surface area contributed by atoms with Crippen molar-refractivity contribution >= 4 is 11.3 Å². The van der Waals surface area contributed by atoms with Gasteiger partial charge < -0.3 is 4.74 Å². The Kier molecular flexibility index (Phi) is 5.23. The summed E-state index contributed by atoms with van der Waals surface area (Å²) in [5.41, 5.74) is 0. The standard InChI is InChI=1S/C10H14N2OS/c1-13-6-3-5-12-9(8-11)10-4-2-7-14-10/h2,4,7,9,12H,3,5-6H2,1H3. The van der Waals surface area contributed by atoms with Gasteiger partial charge in [-0.2, -0.15) is 5.26 Å². The number of nitriles is 1. The minimum Gasteiger partial charge on any atom is -0.385 e. The lowest BCUT2D eigenvalue weighted by Crippen LogP contribution is -2.21. The Morgan fingerprint density at radius 3 is 3.14 bits per heavy atom. The molecule has 0 amide bonds. The van der Waals surface area contributed by atoms with Crippen molar-refractivity contribution in [2.75, 3.05) is 20.3 Å². The normalized spacial score (nSPS) is 12.3. The van der Waals surface area contributed by atoms with Gasteiger partial charge in [-0.25, -0.2) is 0 Å². The summed E-state index contributed by atoms with van der Waals surface area (Å²) >= 11 is 1.60. The first-order valence-corrected chi connectivity index (χ1v) is 5.41. The zero-order valence-electron chi connectivity index (χ0n) is 8.19. The third kappa shape index (κ3) is 3.46. The van der Waals surface area contributed by atoms with E-state index in [0.717, 1.165) is 24.4 Å². The second kappa shape index (κ2) is 6.55. The van der Waals surface area contributed by atoms with Crippen molar-refractivity contribution < 1.29 is 4.74 Å². The van der Waals surface area contributed by atoms with Crippen LogP contribution in [0.2, 0.25) is 0 Å². The summed E-state index contributed by atoms with van der Waals surface area (Å²) in [5.74, 6) is 0. The molecule has 3 nitrogen and oxygen atoms in total. The van der Waals surface area contributed by atoms with Gasteiger partial charge in [0.25, 0.3) is 0 Å². The van der Waals surface area contributed by atoms with Gasteiger partial charge in [0.15, 0.2) is 0 Å². The maximum absolute atomic E-state index is 8.92. The summed E-state index contributed by atoms with van der Waals surface area (Å²) < 4.78 is 4.93. The zero-order chi connectivity index (χ0) is 10.2. The van der Waals surface area contributed by atoms with E-state index in [-0.39, 0.29) is 6.04 Å². The van der Waals surface area contributed by atoms with Gasteiger partial charge in [-0.15, -0.1) is 11.3 Å². The molecule has 0 aliphatic heterocycles. The number of nitrogens with one attached hydrogen (secondary N) is 1. The molecule has 4 heteroatoms. The molecule has 0 bridgehead atoms. The highest BCUT2D eigenvalue weighted by Crippen LogP contribution is 2.17. The molecule has 76 valence electrons. The molecule has 0 aliphatic carbocycles. The van der Waals surface area contributed by atoms with Crippen LogP contribution in [0.5, 0.6) is 0 Å². The highest BCUT2D eigenvalue weighted by atomic mass is 32.1. The van der Waals surface area contributed by atoms with Crippen LogP contribution in [-0.2, 0) is 4.74 Å². The summed E-state index contributed by atoms with van der Waals surface area (Å²) in [5, 5.41) is 14.1. The average Bonchev–Trinajstić information content (AvgIpc) is 2.71. The Hall–Kier alpha value is -0.890. The molecule has 0 aromatic carbocycles. The van der Waals surface area contributed by atoms with Gasteiger partial charge >= 0.3 is 0 Å². The van der Waals surface area contributed by atoms with Crippen molar-refractivity contribution in [3.63, 3.8) is 0 Å². The summed E-state index contributed by atoms with van der Waals surface area (Å²) in [7, 11) is 1.68. The molecule has 0 saturated heterocycles. The fourth-order valence-corrected chi connectivity index (χ4v) is 1.87. The molecule has 0 spiro atoms. The molecule has 0 radical (unpaired) electrons. The Morgan fingerprint density at radius 2 is 2.57 bits per heavy atom. The molecular weight excluding hydrogens is 196 g/mol. The van der Waals surface area contributed by atoms with Gasteiger partial charge in [0.2, 0.25) is 0 Å². The van der Waals surface area contributed by atoms with Crippen LogP contribution < -0.4 is 5.32 Å². The highest BCUT2D eigenvalue weighted by Gasteiger charge is 2.09.